The van der Waals surface area contributed by atoms with Crippen LogP contribution in [0.1, 0.15) is 140 Å². The summed E-state index contributed by atoms with van der Waals surface area (Å²) < 4.78 is 0. The number of nitrogens with one attached hydrogen (secondary N) is 1. The number of hydrogen-bond acceptors (Lipinski definition) is 3. The Morgan fingerprint density at radius 3 is 1.15 bits per heavy atom. The maximum atomic E-state index is 8.06. The van der Waals surface area contributed by atoms with Gasteiger partial charge in [0.25, 0.3) is 0 Å². The number of rotatable bonds is 6. The summed E-state index contributed by atoms with van der Waals surface area (Å²) in [5.41, 5.74) is 4.58. The Bertz CT molecular complexity index is 532. The molecule has 0 aromatic carbocycles. The summed E-state index contributed by atoms with van der Waals surface area (Å²) in [6.07, 6.45) is 2.91. The summed E-state index contributed by atoms with van der Waals surface area (Å²) in [6, 6.07) is 3.75. The van der Waals surface area contributed by atoms with Crippen molar-refractivity contribution in [1.82, 2.24) is 4.98 Å². The molecule has 4 N–H and O–H groups in total. The summed E-state index contributed by atoms with van der Waals surface area (Å²) in [6.45, 7) is 31.1. The number of hydrogen-bond donors (Lipinski definition) is 4. The van der Waals surface area contributed by atoms with E-state index in [1.54, 1.807) is 41.5 Å². The maximum absolute atomic E-state index is 8.06. The van der Waals surface area contributed by atoms with E-state index in [0.717, 1.165) is 19.3 Å². The van der Waals surface area contributed by atoms with Crippen LogP contribution >= 0.6 is 0 Å². The summed E-state index contributed by atoms with van der Waals surface area (Å²) >= 11 is 0. The molecule has 1 aromatic heterocycles. The third kappa shape index (κ3) is 19.0. The molecule has 0 spiro atoms. The van der Waals surface area contributed by atoms with Gasteiger partial charge in [-0.05, 0) is 65.2 Å². The predicted molar refractivity (Wildman–Crippen MR) is 142 cm³/mol. The Labute approximate surface area is 226 Å². The Balaban J connectivity index is -0.000000268. The van der Waals surface area contributed by atoms with Gasteiger partial charge in [-0.1, -0.05) is 79.8 Å². The van der Waals surface area contributed by atoms with E-state index in [2.05, 4.69) is 73.4 Å². The van der Waals surface area contributed by atoms with E-state index in [9.17, 15) is 0 Å². The normalized spacial score (nSPS) is 11.7. The van der Waals surface area contributed by atoms with Gasteiger partial charge in [-0.25, -0.2) is 6.07 Å². The van der Waals surface area contributed by atoms with Crippen molar-refractivity contribution >= 4 is 0 Å². The number of aliphatic hydroxyl groups excluding tert-OH is 3. The number of aromatic amines is 1. The maximum Gasteiger partial charge on any atom is 0.0483 e. The summed E-state index contributed by atoms with van der Waals surface area (Å²) in [4.78, 5) is 3.75. The molecule has 0 aliphatic carbocycles. The Morgan fingerprint density at radius 1 is 0.636 bits per heavy atom. The molecule has 0 aliphatic heterocycles. The molecule has 0 saturated heterocycles. The molecule has 5 heteroatoms. The van der Waals surface area contributed by atoms with Crippen LogP contribution in [0.3, 0.4) is 0 Å². The van der Waals surface area contributed by atoms with E-state index < -0.39 is 0 Å². The predicted octanol–water partition coefficient (Wildman–Crippen LogP) is 7.04. The molecule has 0 radical (unpaired) electrons. The molecule has 1 rings (SSSR count). The van der Waals surface area contributed by atoms with Gasteiger partial charge in [0.1, 0.15) is 0 Å². The van der Waals surface area contributed by atoms with Crippen LogP contribution in [0, 0.1) is 6.07 Å². The second kappa shape index (κ2) is 18.3. The van der Waals surface area contributed by atoms with Crippen molar-refractivity contribution in [1.29, 1.82) is 0 Å². The first-order valence-electron chi connectivity index (χ1n) is 12.4. The second-order valence-electron chi connectivity index (χ2n) is 11.4. The van der Waals surface area contributed by atoms with Crippen LogP contribution in [0.2, 0.25) is 0 Å². The number of aliphatic hydroxyl groups is 3. The average Bonchev–Trinajstić information content (AvgIpc) is 3.08. The van der Waals surface area contributed by atoms with Gasteiger partial charge in [0, 0.05) is 44.5 Å². The van der Waals surface area contributed by atoms with Crippen LogP contribution in [-0.4, -0.2) is 38.6 Å². The van der Waals surface area contributed by atoms with Crippen molar-refractivity contribution in [3.8, 4) is 0 Å². The first-order chi connectivity index (χ1) is 14.2. The molecule has 0 saturated carbocycles. The van der Waals surface area contributed by atoms with Crippen molar-refractivity contribution in [3.05, 3.63) is 23.0 Å². The van der Waals surface area contributed by atoms with Crippen molar-refractivity contribution in [2.24, 2.45) is 0 Å². The first kappa shape index (κ1) is 40.2. The molecule has 0 atom stereocenters. The minimum atomic E-state index is -0.167. The van der Waals surface area contributed by atoms with Crippen LogP contribution in [0.25, 0.3) is 0 Å². The fraction of sp³-hybridized carbons (Fsp3) is 0.857. The van der Waals surface area contributed by atoms with Crippen LogP contribution in [-0.2, 0) is 42.4 Å². The summed E-state index contributed by atoms with van der Waals surface area (Å²) in [5, 5.41) is 24.2. The first-order valence-corrected chi connectivity index (χ1v) is 12.4. The zero-order valence-electron chi connectivity index (χ0n) is 24.7. The molecule has 1 heterocycles. The fourth-order valence-electron chi connectivity index (χ4n) is 2.29. The van der Waals surface area contributed by atoms with Gasteiger partial charge in [-0.2, -0.15) is 5.56 Å². The van der Waals surface area contributed by atoms with Gasteiger partial charge >= 0.3 is 0 Å². The van der Waals surface area contributed by atoms with E-state index >= 15 is 0 Å². The summed E-state index contributed by atoms with van der Waals surface area (Å²) in [5.74, 6) is 0. The van der Waals surface area contributed by atoms with E-state index in [4.69, 9.17) is 15.3 Å². The monoisotopic (exact) mass is 546 g/mol. The summed E-state index contributed by atoms with van der Waals surface area (Å²) in [7, 11) is 0. The van der Waals surface area contributed by atoms with E-state index in [-0.39, 0.29) is 60.8 Å². The topological polar surface area (TPSA) is 76.5 Å². The zero-order chi connectivity index (χ0) is 26.5. The van der Waals surface area contributed by atoms with Crippen LogP contribution < -0.4 is 0 Å². The molecule has 0 bridgehead atoms. The molecule has 0 amide bonds. The Kier molecular flexibility index (Phi) is 22.3. The van der Waals surface area contributed by atoms with Crippen LogP contribution in [0.5, 0.6) is 0 Å². The molecule has 4 nitrogen and oxygen atoms in total. The minimum Gasteiger partial charge on any atom is -0.454 e. The molecular weight excluding hydrogens is 490 g/mol. The molecule has 33 heavy (non-hydrogen) atoms. The quantitative estimate of drug-likeness (QED) is 0.289. The smallest absolute Gasteiger partial charge is 0.0483 e. The second-order valence-corrected chi connectivity index (χ2v) is 11.4. The Morgan fingerprint density at radius 2 is 0.909 bits per heavy atom. The molecular formula is C28H58NO3Zr-. The fourth-order valence-corrected chi connectivity index (χ4v) is 2.29. The zero-order valence-corrected chi connectivity index (χ0v) is 27.2. The Hall–Kier alpha value is 0.0431. The van der Waals surface area contributed by atoms with Gasteiger partial charge in [0.05, 0.1) is 0 Å². The van der Waals surface area contributed by atoms with Crippen LogP contribution in [0.4, 0.5) is 0 Å². The van der Waals surface area contributed by atoms with Gasteiger partial charge < -0.3 is 20.3 Å². The molecule has 0 unspecified atom stereocenters. The van der Waals surface area contributed by atoms with Crippen molar-refractivity contribution in [2.45, 2.75) is 158 Å². The van der Waals surface area contributed by atoms with Gasteiger partial charge in [0.15, 0.2) is 0 Å². The molecule has 0 fully saturated rings. The van der Waals surface area contributed by atoms with Crippen molar-refractivity contribution in [3.63, 3.8) is 0 Å². The molecule has 1 aromatic rings. The van der Waals surface area contributed by atoms with Crippen LogP contribution in [0.15, 0.2) is 0 Å². The third-order valence-corrected chi connectivity index (χ3v) is 5.43. The number of aromatic nitrogens is 1. The van der Waals surface area contributed by atoms with Crippen molar-refractivity contribution in [2.75, 3.05) is 0 Å². The molecule has 0 aliphatic rings. The minimum absolute atomic E-state index is 0. The SMILES string of the molecule is CC(C)O.CC(C)O.CC(C)O.CCC(C)(C)c1[c-]c(C(C)(C)CC)c(C(C)(C)CC)[nH]1.[Zr]. The third-order valence-electron chi connectivity index (χ3n) is 5.43. The molecule has 198 valence electrons. The van der Waals surface area contributed by atoms with Crippen molar-refractivity contribution < 1.29 is 41.5 Å². The van der Waals surface area contributed by atoms with Gasteiger partial charge in [-0.15, -0.1) is 5.69 Å². The van der Waals surface area contributed by atoms with Gasteiger partial charge in [-0.3, -0.25) is 0 Å². The van der Waals surface area contributed by atoms with Gasteiger partial charge in [0.2, 0.25) is 0 Å². The average molecular weight is 548 g/mol. The number of H-pyrrole nitrogens is 1. The largest absolute Gasteiger partial charge is 0.454 e. The van der Waals surface area contributed by atoms with E-state index in [1.165, 1.54) is 17.0 Å². The standard InChI is InChI=1S/C19H34N.3C3H8O.Zr/c1-10-17(4,5)14-13-15(18(6,7)11-2)20-16(14)19(8,9)12-3;3*1-3(2)4;/h20H,10-12H2,1-9H3;3*3-4H,1-2H3;/q-1;;;;. The van der Waals surface area contributed by atoms with E-state index in [0.29, 0.717) is 0 Å². The van der Waals surface area contributed by atoms with E-state index in [1.807, 2.05) is 0 Å².